The lowest BCUT2D eigenvalue weighted by Gasteiger charge is -2.16. The van der Waals surface area contributed by atoms with Crippen molar-refractivity contribution in [2.75, 3.05) is 18.9 Å². The van der Waals surface area contributed by atoms with Crippen molar-refractivity contribution < 1.29 is 9.53 Å². The highest BCUT2D eigenvalue weighted by atomic mass is 32.1. The lowest BCUT2D eigenvalue weighted by atomic mass is 10.2. The Morgan fingerprint density at radius 3 is 2.62 bits per heavy atom. The molecular formula is C21H22N2O2S. The molecule has 3 aromatic rings. The van der Waals surface area contributed by atoms with Crippen LogP contribution in [0, 0.1) is 0 Å². The van der Waals surface area contributed by atoms with Gasteiger partial charge in [0.1, 0.15) is 5.75 Å². The molecule has 1 amide bonds. The number of carbonyl (C=O) groups is 1. The molecule has 4 nitrogen and oxygen atoms in total. The average Bonchev–Trinajstić information content (AvgIpc) is 3.15. The second-order valence-corrected chi connectivity index (χ2v) is 6.86. The third-order valence-corrected chi connectivity index (χ3v) is 4.62. The topological polar surface area (TPSA) is 41.6 Å². The van der Waals surface area contributed by atoms with Crippen molar-refractivity contribution in [1.29, 1.82) is 0 Å². The van der Waals surface area contributed by atoms with Gasteiger partial charge in [0.25, 0.3) is 0 Å². The SMILES string of the molecule is CN(CCC(=O)Nc1ccccc1Oc1ccccc1)Cc1ccsc1. The maximum atomic E-state index is 12.3. The van der Waals surface area contributed by atoms with Crippen LogP contribution in [-0.2, 0) is 11.3 Å². The first-order chi connectivity index (χ1) is 12.7. The fraction of sp³-hybridized carbons (Fsp3) is 0.190. The van der Waals surface area contributed by atoms with Gasteiger partial charge in [0.05, 0.1) is 5.69 Å². The van der Waals surface area contributed by atoms with Gasteiger partial charge >= 0.3 is 0 Å². The minimum Gasteiger partial charge on any atom is -0.455 e. The van der Waals surface area contributed by atoms with Crippen LogP contribution < -0.4 is 10.1 Å². The number of thiophene rings is 1. The number of carbonyl (C=O) groups excluding carboxylic acids is 1. The van der Waals surface area contributed by atoms with Crippen molar-refractivity contribution in [2.45, 2.75) is 13.0 Å². The Labute approximate surface area is 158 Å². The second-order valence-electron chi connectivity index (χ2n) is 6.08. The summed E-state index contributed by atoms with van der Waals surface area (Å²) in [6.07, 6.45) is 0.431. The highest BCUT2D eigenvalue weighted by Gasteiger charge is 2.10. The fourth-order valence-corrected chi connectivity index (χ4v) is 3.21. The zero-order valence-electron chi connectivity index (χ0n) is 14.7. The molecule has 0 saturated heterocycles. The number of hydrogen-bond donors (Lipinski definition) is 1. The lowest BCUT2D eigenvalue weighted by molar-refractivity contribution is -0.116. The predicted octanol–water partition coefficient (Wildman–Crippen LogP) is 5.00. The molecule has 0 aliphatic heterocycles. The lowest BCUT2D eigenvalue weighted by Crippen LogP contribution is -2.24. The Bertz CT molecular complexity index is 819. The minimum atomic E-state index is -0.0220. The van der Waals surface area contributed by atoms with Crippen LogP contribution >= 0.6 is 11.3 Å². The summed E-state index contributed by atoms with van der Waals surface area (Å²) < 4.78 is 5.88. The summed E-state index contributed by atoms with van der Waals surface area (Å²) in [7, 11) is 2.03. The normalized spacial score (nSPS) is 10.7. The van der Waals surface area contributed by atoms with Crippen LogP contribution in [0.1, 0.15) is 12.0 Å². The number of nitrogens with zero attached hydrogens (tertiary/aromatic N) is 1. The molecule has 0 spiro atoms. The summed E-state index contributed by atoms with van der Waals surface area (Å²) in [4.78, 5) is 14.5. The maximum Gasteiger partial charge on any atom is 0.225 e. The van der Waals surface area contributed by atoms with Crippen molar-refractivity contribution in [3.8, 4) is 11.5 Å². The number of hydrogen-bond acceptors (Lipinski definition) is 4. The molecule has 0 unspecified atom stereocenters. The van der Waals surface area contributed by atoms with Crippen molar-refractivity contribution >= 4 is 22.9 Å². The minimum absolute atomic E-state index is 0.0220. The highest BCUT2D eigenvalue weighted by Crippen LogP contribution is 2.29. The Kier molecular flexibility index (Phi) is 6.41. The van der Waals surface area contributed by atoms with E-state index < -0.39 is 0 Å². The van der Waals surface area contributed by atoms with E-state index in [1.54, 1.807) is 11.3 Å². The molecule has 3 rings (SSSR count). The number of anilines is 1. The largest absolute Gasteiger partial charge is 0.455 e. The van der Waals surface area contributed by atoms with Crippen LogP contribution in [0.3, 0.4) is 0 Å². The van der Waals surface area contributed by atoms with E-state index in [1.807, 2.05) is 61.6 Å². The summed E-state index contributed by atoms with van der Waals surface area (Å²) in [6.45, 7) is 1.55. The van der Waals surface area contributed by atoms with Gasteiger partial charge in [-0.1, -0.05) is 30.3 Å². The molecule has 5 heteroatoms. The van der Waals surface area contributed by atoms with Gasteiger partial charge in [-0.05, 0) is 53.7 Å². The third kappa shape index (κ3) is 5.44. The molecule has 1 aromatic heterocycles. The van der Waals surface area contributed by atoms with E-state index in [2.05, 4.69) is 27.0 Å². The standard InChI is InChI=1S/C21H22N2O2S/c1-23(15-17-12-14-26-16-17)13-11-21(24)22-19-9-5-6-10-20(19)25-18-7-3-2-4-8-18/h2-10,12,14,16H,11,13,15H2,1H3,(H,22,24). The Morgan fingerprint density at radius 2 is 1.85 bits per heavy atom. The van der Waals surface area contributed by atoms with Crippen LogP contribution in [-0.4, -0.2) is 24.4 Å². The Hall–Kier alpha value is -2.63. The molecule has 2 aromatic carbocycles. The second kappa shape index (κ2) is 9.17. The first-order valence-electron chi connectivity index (χ1n) is 8.52. The van der Waals surface area contributed by atoms with E-state index in [0.717, 1.165) is 12.3 Å². The number of amides is 1. The number of para-hydroxylation sites is 3. The van der Waals surface area contributed by atoms with Gasteiger partial charge in [-0.3, -0.25) is 4.79 Å². The van der Waals surface area contributed by atoms with E-state index >= 15 is 0 Å². The molecule has 0 fully saturated rings. The highest BCUT2D eigenvalue weighted by molar-refractivity contribution is 7.07. The van der Waals surface area contributed by atoms with Crippen LogP contribution in [0.25, 0.3) is 0 Å². The van der Waals surface area contributed by atoms with Crippen LogP contribution in [0.15, 0.2) is 71.4 Å². The summed E-state index contributed by atoms with van der Waals surface area (Å²) in [5.41, 5.74) is 1.96. The summed E-state index contributed by atoms with van der Waals surface area (Å²) in [6, 6.07) is 19.1. The van der Waals surface area contributed by atoms with E-state index in [4.69, 9.17) is 4.74 Å². The summed E-state index contributed by atoms with van der Waals surface area (Å²) >= 11 is 1.69. The van der Waals surface area contributed by atoms with Gasteiger partial charge in [0, 0.05) is 19.5 Å². The molecule has 1 N–H and O–H groups in total. The molecule has 134 valence electrons. The molecule has 1 heterocycles. The number of benzene rings is 2. The molecule has 26 heavy (non-hydrogen) atoms. The van der Waals surface area contributed by atoms with Gasteiger partial charge in [0.15, 0.2) is 5.75 Å². The molecule has 0 bridgehead atoms. The summed E-state index contributed by atoms with van der Waals surface area (Å²) in [5, 5.41) is 7.16. The van der Waals surface area contributed by atoms with Crippen molar-refractivity contribution in [3.63, 3.8) is 0 Å². The van der Waals surface area contributed by atoms with Gasteiger partial charge in [-0.25, -0.2) is 0 Å². The third-order valence-electron chi connectivity index (χ3n) is 3.89. The first kappa shape index (κ1) is 18.2. The van der Waals surface area contributed by atoms with Crippen molar-refractivity contribution in [2.24, 2.45) is 0 Å². The van der Waals surface area contributed by atoms with Crippen LogP contribution in [0.5, 0.6) is 11.5 Å². The number of rotatable bonds is 8. The Balaban J connectivity index is 1.54. The predicted molar refractivity (Wildman–Crippen MR) is 107 cm³/mol. The Morgan fingerprint density at radius 1 is 1.08 bits per heavy atom. The van der Waals surface area contributed by atoms with Gasteiger partial charge in [-0.2, -0.15) is 11.3 Å². The molecule has 0 aliphatic rings. The molecule has 0 saturated carbocycles. The quantitative estimate of drug-likeness (QED) is 0.610. The summed E-state index contributed by atoms with van der Waals surface area (Å²) in [5.74, 6) is 1.36. The zero-order valence-corrected chi connectivity index (χ0v) is 15.5. The van der Waals surface area contributed by atoms with Crippen molar-refractivity contribution in [3.05, 3.63) is 77.0 Å². The van der Waals surface area contributed by atoms with Gasteiger partial charge in [0.2, 0.25) is 5.91 Å². The molecule has 0 radical (unpaired) electrons. The average molecular weight is 366 g/mol. The first-order valence-corrected chi connectivity index (χ1v) is 9.46. The smallest absolute Gasteiger partial charge is 0.225 e. The fourth-order valence-electron chi connectivity index (χ4n) is 2.55. The molecule has 0 atom stereocenters. The molecule has 0 aliphatic carbocycles. The number of ether oxygens (including phenoxy) is 1. The van der Waals surface area contributed by atoms with E-state index in [9.17, 15) is 4.79 Å². The maximum absolute atomic E-state index is 12.3. The monoisotopic (exact) mass is 366 g/mol. The van der Waals surface area contributed by atoms with Gasteiger partial charge in [-0.15, -0.1) is 0 Å². The van der Waals surface area contributed by atoms with E-state index in [0.29, 0.717) is 24.4 Å². The van der Waals surface area contributed by atoms with Crippen molar-refractivity contribution in [1.82, 2.24) is 4.90 Å². The van der Waals surface area contributed by atoms with Crippen LogP contribution in [0.4, 0.5) is 5.69 Å². The van der Waals surface area contributed by atoms with E-state index in [1.165, 1.54) is 5.56 Å². The zero-order chi connectivity index (χ0) is 18.2. The van der Waals surface area contributed by atoms with Crippen LogP contribution in [0.2, 0.25) is 0 Å². The molecular weight excluding hydrogens is 344 g/mol. The number of nitrogens with one attached hydrogen (secondary N) is 1. The van der Waals surface area contributed by atoms with Gasteiger partial charge < -0.3 is 15.0 Å². The van der Waals surface area contributed by atoms with E-state index in [-0.39, 0.29) is 5.91 Å².